The zero-order chi connectivity index (χ0) is 17.1. The zero-order valence-electron chi connectivity index (χ0n) is 14.8. The zero-order valence-corrected chi connectivity index (χ0v) is 14.8. The lowest BCUT2D eigenvalue weighted by molar-refractivity contribution is -0.129. The molecule has 23 heavy (non-hydrogen) atoms. The summed E-state index contributed by atoms with van der Waals surface area (Å²) in [4.78, 5) is 26.9. The van der Waals surface area contributed by atoms with E-state index in [1.807, 2.05) is 39.5 Å². The van der Waals surface area contributed by atoms with Gasteiger partial charge < -0.3 is 10.2 Å². The lowest BCUT2D eigenvalue weighted by atomic mass is 10.0. The highest BCUT2D eigenvalue weighted by Gasteiger charge is 2.32. The first-order chi connectivity index (χ1) is 10.8. The Balaban J connectivity index is 2.17. The van der Waals surface area contributed by atoms with E-state index in [-0.39, 0.29) is 23.7 Å². The smallest absolute Gasteiger partial charge is 0.249 e. The first-order valence-electron chi connectivity index (χ1n) is 8.50. The number of fused-ring (bicyclic) bond motifs is 1. The van der Waals surface area contributed by atoms with Crippen LogP contribution in [0.25, 0.3) is 0 Å². The number of carbonyl (C=O) groups excluding carboxylic acids is 2. The topological polar surface area (TPSA) is 49.4 Å². The van der Waals surface area contributed by atoms with E-state index in [0.717, 1.165) is 17.7 Å². The third-order valence-corrected chi connectivity index (χ3v) is 4.25. The number of nitrogens with zero attached hydrogens (tertiary/aromatic N) is 1. The molecule has 0 saturated heterocycles. The molecule has 1 heterocycles. The monoisotopic (exact) mass is 316 g/mol. The molecule has 1 aliphatic heterocycles. The molecule has 0 fully saturated rings. The second-order valence-corrected chi connectivity index (χ2v) is 7.26. The van der Waals surface area contributed by atoms with Gasteiger partial charge in [-0.05, 0) is 42.4 Å². The van der Waals surface area contributed by atoms with Crippen molar-refractivity contribution in [3.8, 4) is 0 Å². The fourth-order valence-corrected chi connectivity index (χ4v) is 3.00. The van der Waals surface area contributed by atoms with Gasteiger partial charge in [0.25, 0.3) is 0 Å². The number of hydrogen-bond donors (Lipinski definition) is 1. The van der Waals surface area contributed by atoms with Gasteiger partial charge in [-0.1, -0.05) is 39.8 Å². The normalized spacial score (nSPS) is 15.0. The molecule has 0 aromatic heterocycles. The Kier molecular flexibility index (Phi) is 5.45. The molecular weight excluding hydrogens is 288 g/mol. The fraction of sp³-hybridized carbons (Fsp3) is 0.579. The summed E-state index contributed by atoms with van der Waals surface area (Å²) in [5.74, 6) is 0.303. The van der Waals surface area contributed by atoms with E-state index >= 15 is 0 Å². The van der Waals surface area contributed by atoms with Gasteiger partial charge in [-0.15, -0.1) is 0 Å². The summed E-state index contributed by atoms with van der Waals surface area (Å²) < 4.78 is 0. The van der Waals surface area contributed by atoms with Crippen LogP contribution in [0.1, 0.15) is 45.2 Å². The molecule has 0 saturated carbocycles. The van der Waals surface area contributed by atoms with Gasteiger partial charge in [0.2, 0.25) is 11.8 Å². The molecule has 4 nitrogen and oxygen atoms in total. The van der Waals surface area contributed by atoms with Crippen LogP contribution in [0.15, 0.2) is 18.2 Å². The largest absolute Gasteiger partial charge is 0.344 e. The lowest BCUT2D eigenvalue weighted by Crippen LogP contribution is -2.51. The van der Waals surface area contributed by atoms with E-state index < -0.39 is 6.04 Å². The SMILES string of the molecule is Cc1ccc2c(c1)N(C(=O)C(NC(=O)CC(C)C)C(C)C)CC2. The molecule has 0 bridgehead atoms. The van der Waals surface area contributed by atoms with E-state index in [0.29, 0.717) is 13.0 Å². The maximum atomic E-state index is 13.0. The average molecular weight is 316 g/mol. The number of benzene rings is 1. The van der Waals surface area contributed by atoms with Crippen molar-refractivity contribution in [2.45, 2.75) is 53.5 Å². The first-order valence-corrected chi connectivity index (χ1v) is 8.50. The van der Waals surface area contributed by atoms with Crippen LogP contribution in [-0.4, -0.2) is 24.4 Å². The van der Waals surface area contributed by atoms with Gasteiger partial charge >= 0.3 is 0 Å². The minimum atomic E-state index is -0.465. The minimum Gasteiger partial charge on any atom is -0.344 e. The van der Waals surface area contributed by atoms with Crippen LogP contribution in [0.2, 0.25) is 0 Å². The summed E-state index contributed by atoms with van der Waals surface area (Å²) >= 11 is 0. The average Bonchev–Trinajstić information content (AvgIpc) is 2.85. The molecular formula is C19H28N2O2. The number of anilines is 1. The van der Waals surface area contributed by atoms with Gasteiger partial charge in [-0.3, -0.25) is 9.59 Å². The van der Waals surface area contributed by atoms with E-state index in [1.165, 1.54) is 5.56 Å². The number of nitrogens with one attached hydrogen (secondary N) is 1. The van der Waals surface area contributed by atoms with Crippen molar-refractivity contribution >= 4 is 17.5 Å². The molecule has 1 aliphatic rings. The van der Waals surface area contributed by atoms with Crippen molar-refractivity contribution in [2.75, 3.05) is 11.4 Å². The summed E-state index contributed by atoms with van der Waals surface area (Å²) in [6.45, 7) is 10.7. The van der Waals surface area contributed by atoms with Crippen LogP contribution in [-0.2, 0) is 16.0 Å². The predicted molar refractivity (Wildman–Crippen MR) is 93.5 cm³/mol. The van der Waals surface area contributed by atoms with Crippen LogP contribution in [0.5, 0.6) is 0 Å². The molecule has 126 valence electrons. The standard InChI is InChI=1S/C19H28N2O2/c1-12(2)10-17(22)20-18(13(3)4)19(23)21-9-8-15-7-6-14(5)11-16(15)21/h6-7,11-13,18H,8-10H2,1-5H3,(H,20,22). The minimum absolute atomic E-state index is 0.00135. The third-order valence-electron chi connectivity index (χ3n) is 4.25. The number of hydrogen-bond acceptors (Lipinski definition) is 2. The van der Waals surface area contributed by atoms with Crippen LogP contribution < -0.4 is 10.2 Å². The Morgan fingerprint density at radius 2 is 1.91 bits per heavy atom. The van der Waals surface area contributed by atoms with Crippen molar-refractivity contribution < 1.29 is 9.59 Å². The van der Waals surface area contributed by atoms with Gasteiger partial charge in [0.1, 0.15) is 6.04 Å². The van der Waals surface area contributed by atoms with Crippen molar-refractivity contribution in [3.05, 3.63) is 29.3 Å². The van der Waals surface area contributed by atoms with Crippen LogP contribution in [0, 0.1) is 18.8 Å². The maximum Gasteiger partial charge on any atom is 0.249 e. The van der Waals surface area contributed by atoms with E-state index in [1.54, 1.807) is 0 Å². The molecule has 1 aromatic rings. The molecule has 1 unspecified atom stereocenters. The quantitative estimate of drug-likeness (QED) is 0.907. The number of aryl methyl sites for hydroxylation is 1. The Morgan fingerprint density at radius 3 is 2.52 bits per heavy atom. The Labute approximate surface area is 139 Å². The Hall–Kier alpha value is -1.84. The van der Waals surface area contributed by atoms with Crippen molar-refractivity contribution in [1.29, 1.82) is 0 Å². The molecule has 1 atom stereocenters. The van der Waals surface area contributed by atoms with Gasteiger partial charge in [-0.2, -0.15) is 0 Å². The van der Waals surface area contributed by atoms with Crippen molar-refractivity contribution in [3.63, 3.8) is 0 Å². The first kappa shape index (κ1) is 17.5. The lowest BCUT2D eigenvalue weighted by Gasteiger charge is -2.27. The second kappa shape index (κ2) is 7.16. The highest BCUT2D eigenvalue weighted by atomic mass is 16.2. The summed E-state index contributed by atoms with van der Waals surface area (Å²) in [7, 11) is 0. The van der Waals surface area contributed by atoms with Crippen molar-refractivity contribution in [1.82, 2.24) is 5.32 Å². The molecule has 2 rings (SSSR count). The molecule has 1 aromatic carbocycles. The van der Waals surface area contributed by atoms with E-state index in [9.17, 15) is 9.59 Å². The van der Waals surface area contributed by atoms with Gasteiger partial charge in [0.15, 0.2) is 0 Å². The summed E-state index contributed by atoms with van der Waals surface area (Å²) in [6, 6.07) is 5.78. The second-order valence-electron chi connectivity index (χ2n) is 7.26. The van der Waals surface area contributed by atoms with Crippen LogP contribution >= 0.6 is 0 Å². The molecule has 4 heteroatoms. The van der Waals surface area contributed by atoms with Gasteiger partial charge in [0, 0.05) is 18.7 Å². The highest BCUT2D eigenvalue weighted by Crippen LogP contribution is 2.30. The number of amides is 2. The van der Waals surface area contributed by atoms with Crippen molar-refractivity contribution in [2.24, 2.45) is 11.8 Å². The molecule has 0 aliphatic carbocycles. The molecule has 2 amide bonds. The van der Waals surface area contributed by atoms with Gasteiger partial charge in [0.05, 0.1) is 0 Å². The summed E-state index contributed by atoms with van der Waals surface area (Å²) in [6.07, 6.45) is 1.33. The molecule has 0 radical (unpaired) electrons. The summed E-state index contributed by atoms with van der Waals surface area (Å²) in [5.41, 5.74) is 3.35. The van der Waals surface area contributed by atoms with E-state index in [2.05, 4.69) is 23.5 Å². The van der Waals surface area contributed by atoms with Gasteiger partial charge in [-0.25, -0.2) is 0 Å². The molecule has 1 N–H and O–H groups in total. The number of rotatable bonds is 5. The molecule has 0 spiro atoms. The Morgan fingerprint density at radius 1 is 1.22 bits per heavy atom. The van der Waals surface area contributed by atoms with Crippen LogP contribution in [0.3, 0.4) is 0 Å². The maximum absolute atomic E-state index is 13.0. The number of carbonyl (C=O) groups is 2. The predicted octanol–water partition coefficient (Wildman–Crippen LogP) is 3.07. The highest BCUT2D eigenvalue weighted by molar-refractivity contribution is 6.01. The van der Waals surface area contributed by atoms with Crippen LogP contribution in [0.4, 0.5) is 5.69 Å². The Bertz CT molecular complexity index is 593. The van der Waals surface area contributed by atoms with E-state index in [4.69, 9.17) is 0 Å². The summed E-state index contributed by atoms with van der Waals surface area (Å²) in [5, 5.41) is 2.94. The third kappa shape index (κ3) is 4.12. The fourth-order valence-electron chi connectivity index (χ4n) is 3.00.